The number of hydrogen-bond donors (Lipinski definition) is 2. The third-order valence-corrected chi connectivity index (χ3v) is 3.94. The van der Waals surface area contributed by atoms with Crippen molar-refractivity contribution < 1.29 is 18.0 Å². The number of alkyl halides is 3. The Labute approximate surface area is 157 Å². The second-order valence-electron chi connectivity index (χ2n) is 6.02. The number of aliphatic imine (C=N–C) groups is 1. The van der Waals surface area contributed by atoms with Gasteiger partial charge in [0.05, 0.1) is 12.1 Å². The lowest BCUT2D eigenvalue weighted by Crippen LogP contribution is -2.39. The van der Waals surface area contributed by atoms with E-state index in [0.29, 0.717) is 12.5 Å². The first-order chi connectivity index (χ1) is 12.9. The van der Waals surface area contributed by atoms with Crippen LogP contribution in [0.25, 0.3) is 0 Å². The zero-order valence-corrected chi connectivity index (χ0v) is 15.2. The Hall–Kier alpha value is -2.69. The number of carbonyl (C=O) groups is 1. The normalized spacial score (nSPS) is 14.5. The Morgan fingerprint density at radius 2 is 2.00 bits per heavy atom. The van der Waals surface area contributed by atoms with Gasteiger partial charge < -0.3 is 15.5 Å². The zero-order chi connectivity index (χ0) is 19.7. The van der Waals surface area contributed by atoms with E-state index >= 15 is 0 Å². The van der Waals surface area contributed by atoms with Crippen LogP contribution in [0.5, 0.6) is 0 Å². The molecule has 0 aromatic heterocycles. The molecule has 1 saturated heterocycles. The molecule has 1 aliphatic rings. The lowest BCUT2D eigenvalue weighted by Gasteiger charge is -2.14. The van der Waals surface area contributed by atoms with E-state index < -0.39 is 11.7 Å². The Balaban J connectivity index is 1.90. The quantitative estimate of drug-likeness (QED) is 0.479. The maximum atomic E-state index is 12.7. The summed E-state index contributed by atoms with van der Waals surface area (Å²) < 4.78 is 38.1. The maximum Gasteiger partial charge on any atom is 0.416 e. The second kappa shape index (κ2) is 9.86. The molecule has 5 nitrogen and oxygen atoms in total. The molecule has 1 aliphatic heterocycles. The van der Waals surface area contributed by atoms with Gasteiger partial charge in [-0.25, -0.2) is 4.99 Å². The average molecular weight is 380 g/mol. The summed E-state index contributed by atoms with van der Waals surface area (Å²) in [7, 11) is 0. The molecule has 146 valence electrons. The Morgan fingerprint density at radius 3 is 2.67 bits per heavy atom. The van der Waals surface area contributed by atoms with Crippen molar-refractivity contribution >= 4 is 11.9 Å². The lowest BCUT2D eigenvalue weighted by molar-refractivity contribution is -0.137. The van der Waals surface area contributed by atoms with Crippen LogP contribution in [0.1, 0.15) is 30.9 Å². The molecule has 1 fully saturated rings. The molecule has 0 bridgehead atoms. The topological polar surface area (TPSA) is 56.7 Å². The highest BCUT2D eigenvalue weighted by Gasteiger charge is 2.30. The Morgan fingerprint density at radius 1 is 1.26 bits per heavy atom. The van der Waals surface area contributed by atoms with E-state index in [1.165, 1.54) is 12.1 Å². The van der Waals surface area contributed by atoms with Crippen LogP contribution in [0, 0.1) is 11.8 Å². The molecule has 8 heteroatoms. The molecular weight excluding hydrogens is 357 g/mol. The number of halogens is 3. The highest BCUT2D eigenvalue weighted by Crippen LogP contribution is 2.29. The lowest BCUT2D eigenvalue weighted by atomic mass is 10.1. The summed E-state index contributed by atoms with van der Waals surface area (Å²) in [6.07, 6.45) is -2.33. The molecule has 1 amide bonds. The van der Waals surface area contributed by atoms with Crippen molar-refractivity contribution in [2.45, 2.75) is 25.9 Å². The summed E-state index contributed by atoms with van der Waals surface area (Å²) >= 11 is 0. The van der Waals surface area contributed by atoms with Crippen LogP contribution in [0.15, 0.2) is 29.3 Å². The summed E-state index contributed by atoms with van der Waals surface area (Å²) in [6, 6.07) is 4.88. The van der Waals surface area contributed by atoms with Crippen molar-refractivity contribution in [3.63, 3.8) is 0 Å². The van der Waals surface area contributed by atoms with Crippen LogP contribution in [0.2, 0.25) is 0 Å². The zero-order valence-electron chi connectivity index (χ0n) is 15.2. The Bertz CT molecular complexity index is 728. The summed E-state index contributed by atoms with van der Waals surface area (Å²) in [4.78, 5) is 18.1. The van der Waals surface area contributed by atoms with Gasteiger partial charge in [0.2, 0.25) is 5.91 Å². The number of likely N-dealkylation sites (tertiary alicyclic amines) is 1. The van der Waals surface area contributed by atoms with Gasteiger partial charge in [-0.05, 0) is 38.0 Å². The fraction of sp³-hybridized carbons (Fsp3) is 0.474. The van der Waals surface area contributed by atoms with E-state index in [0.717, 1.165) is 38.1 Å². The van der Waals surface area contributed by atoms with Crippen molar-refractivity contribution in [2.75, 3.05) is 32.7 Å². The van der Waals surface area contributed by atoms with Gasteiger partial charge in [-0.2, -0.15) is 13.2 Å². The fourth-order valence-electron chi connectivity index (χ4n) is 2.60. The van der Waals surface area contributed by atoms with E-state index in [-0.39, 0.29) is 24.6 Å². The number of nitrogens with one attached hydrogen (secondary N) is 2. The van der Waals surface area contributed by atoms with Gasteiger partial charge in [-0.15, -0.1) is 0 Å². The van der Waals surface area contributed by atoms with Gasteiger partial charge in [0.1, 0.15) is 6.54 Å². The number of amides is 1. The van der Waals surface area contributed by atoms with Crippen LogP contribution in [0.3, 0.4) is 0 Å². The highest BCUT2D eigenvalue weighted by atomic mass is 19.4. The number of guanidine groups is 1. The number of hydrogen-bond acceptors (Lipinski definition) is 2. The first-order valence-electron chi connectivity index (χ1n) is 8.86. The largest absolute Gasteiger partial charge is 0.416 e. The van der Waals surface area contributed by atoms with Crippen LogP contribution >= 0.6 is 0 Å². The molecule has 27 heavy (non-hydrogen) atoms. The van der Waals surface area contributed by atoms with Gasteiger partial charge in [-0.3, -0.25) is 4.79 Å². The summed E-state index contributed by atoms with van der Waals surface area (Å²) in [5.41, 5.74) is -0.435. The summed E-state index contributed by atoms with van der Waals surface area (Å²) in [6.45, 7) is 4.32. The molecule has 0 unspecified atom stereocenters. The van der Waals surface area contributed by atoms with Crippen LogP contribution in [-0.2, 0) is 11.0 Å². The van der Waals surface area contributed by atoms with Gasteiger partial charge in [0, 0.05) is 25.2 Å². The van der Waals surface area contributed by atoms with Gasteiger partial charge in [0.15, 0.2) is 5.96 Å². The first kappa shape index (κ1) is 20.6. The predicted molar refractivity (Wildman–Crippen MR) is 98.1 cm³/mol. The molecule has 2 N–H and O–H groups in total. The molecule has 0 spiro atoms. The standard InChI is InChI=1S/C19H23F3N4O/c1-2-23-18(25-14-17(27)26-11-3-4-12-26)24-10-6-8-15-7-5-9-16(13-15)19(20,21)22/h5,7,9,13H,2-4,10-12,14H2,1H3,(H2,23,24,25). The molecule has 1 aromatic carbocycles. The smallest absolute Gasteiger partial charge is 0.357 e. The van der Waals surface area contributed by atoms with Crippen molar-refractivity contribution in [2.24, 2.45) is 4.99 Å². The molecule has 0 aliphatic carbocycles. The fourth-order valence-corrected chi connectivity index (χ4v) is 2.60. The number of nitrogens with zero attached hydrogens (tertiary/aromatic N) is 2. The van der Waals surface area contributed by atoms with Crippen molar-refractivity contribution in [1.82, 2.24) is 15.5 Å². The van der Waals surface area contributed by atoms with Gasteiger partial charge in [0.25, 0.3) is 0 Å². The van der Waals surface area contributed by atoms with Crippen molar-refractivity contribution in [3.05, 3.63) is 35.4 Å². The van der Waals surface area contributed by atoms with Crippen LogP contribution in [-0.4, -0.2) is 49.5 Å². The minimum absolute atomic E-state index is 0.0141. The van der Waals surface area contributed by atoms with Crippen molar-refractivity contribution in [1.29, 1.82) is 0 Å². The maximum absolute atomic E-state index is 12.7. The third kappa shape index (κ3) is 6.85. The molecule has 1 heterocycles. The molecule has 2 rings (SSSR count). The van der Waals surface area contributed by atoms with Crippen molar-refractivity contribution in [3.8, 4) is 11.8 Å². The molecule has 0 radical (unpaired) electrons. The number of carbonyl (C=O) groups excluding carboxylic acids is 1. The monoisotopic (exact) mass is 380 g/mol. The van der Waals surface area contributed by atoms with Crippen LogP contribution < -0.4 is 10.6 Å². The van der Waals surface area contributed by atoms with Gasteiger partial charge >= 0.3 is 6.18 Å². The molecular formula is C19H23F3N4O. The van der Waals surface area contributed by atoms with E-state index in [1.54, 1.807) is 4.90 Å². The number of rotatable bonds is 4. The SMILES string of the molecule is CCNC(=NCC(=O)N1CCCC1)NCC#Cc1cccc(C(F)(F)F)c1. The van der Waals surface area contributed by atoms with E-state index in [9.17, 15) is 18.0 Å². The molecule has 0 saturated carbocycles. The molecule has 1 aromatic rings. The minimum Gasteiger partial charge on any atom is -0.357 e. The average Bonchev–Trinajstić information content (AvgIpc) is 3.17. The van der Waals surface area contributed by atoms with E-state index in [2.05, 4.69) is 27.5 Å². The number of benzene rings is 1. The van der Waals surface area contributed by atoms with E-state index in [4.69, 9.17) is 0 Å². The minimum atomic E-state index is -4.39. The highest BCUT2D eigenvalue weighted by molar-refractivity contribution is 5.85. The van der Waals surface area contributed by atoms with E-state index in [1.807, 2.05) is 6.92 Å². The Kier molecular flexibility index (Phi) is 7.53. The predicted octanol–water partition coefficient (Wildman–Crippen LogP) is 2.23. The third-order valence-electron chi connectivity index (χ3n) is 3.94. The van der Waals surface area contributed by atoms with Gasteiger partial charge in [-0.1, -0.05) is 17.9 Å². The first-order valence-corrected chi connectivity index (χ1v) is 8.86. The summed E-state index contributed by atoms with van der Waals surface area (Å²) in [5, 5.41) is 5.96. The second-order valence-corrected chi connectivity index (χ2v) is 6.02. The molecule has 0 atom stereocenters. The summed E-state index contributed by atoms with van der Waals surface area (Å²) in [5.74, 6) is 5.89. The van der Waals surface area contributed by atoms with Crippen LogP contribution in [0.4, 0.5) is 13.2 Å².